The lowest BCUT2D eigenvalue weighted by Gasteiger charge is -2.31. The molecule has 1 aliphatic carbocycles. The minimum absolute atomic E-state index is 0.265. The van der Waals surface area contributed by atoms with E-state index < -0.39 is 0 Å². The predicted molar refractivity (Wildman–Crippen MR) is 47.4 cm³/mol. The monoisotopic (exact) mass is 168 g/mol. The Morgan fingerprint density at radius 3 is 2.33 bits per heavy atom. The molecule has 1 saturated carbocycles. The van der Waals surface area contributed by atoms with Gasteiger partial charge in [-0.25, -0.2) is 0 Å². The summed E-state index contributed by atoms with van der Waals surface area (Å²) in [6, 6.07) is 0.389. The molecule has 2 aliphatic rings. The molecule has 1 heterocycles. The summed E-state index contributed by atoms with van der Waals surface area (Å²) in [5.41, 5.74) is 0.576. The van der Waals surface area contributed by atoms with Crippen molar-refractivity contribution in [2.24, 2.45) is 16.1 Å². The molecule has 1 saturated heterocycles. The van der Waals surface area contributed by atoms with Crippen molar-refractivity contribution in [1.29, 1.82) is 0 Å². The molecule has 0 aromatic rings. The Balaban J connectivity index is 2.36. The number of hydrogen-bond donors (Lipinski definition) is 0. The van der Waals surface area contributed by atoms with Gasteiger partial charge in [0.15, 0.2) is 0 Å². The van der Waals surface area contributed by atoms with Crippen LogP contribution in [0.15, 0.2) is 5.29 Å². The summed E-state index contributed by atoms with van der Waals surface area (Å²) in [7, 11) is 0. The Morgan fingerprint density at radius 1 is 1.42 bits per heavy atom. The highest BCUT2D eigenvalue weighted by molar-refractivity contribution is 5.10. The zero-order valence-electron chi connectivity index (χ0n) is 8.00. The molecule has 0 aromatic carbocycles. The number of hydrogen-bond acceptors (Lipinski definition) is 2. The number of nitrogens with zero attached hydrogens (tertiary/aromatic N) is 2. The van der Waals surface area contributed by atoms with Crippen molar-refractivity contribution in [1.82, 2.24) is 5.01 Å². The van der Waals surface area contributed by atoms with Gasteiger partial charge in [-0.2, -0.15) is 0 Å². The molecule has 0 N–H and O–H groups in total. The summed E-state index contributed by atoms with van der Waals surface area (Å²) in [6.45, 7) is 7.65. The molecule has 2 atom stereocenters. The Kier molecular flexibility index (Phi) is 1.34. The number of piperidine rings is 1. The van der Waals surface area contributed by atoms with E-state index in [2.05, 4.69) is 26.1 Å². The fourth-order valence-electron chi connectivity index (χ4n) is 2.90. The highest BCUT2D eigenvalue weighted by atomic mass is 16.3. The van der Waals surface area contributed by atoms with Crippen LogP contribution in [0, 0.1) is 15.7 Å². The number of rotatable bonds is 1. The van der Waals surface area contributed by atoms with Crippen LogP contribution in [-0.4, -0.2) is 17.6 Å². The maximum atomic E-state index is 10.5. The van der Waals surface area contributed by atoms with Crippen LogP contribution in [0.5, 0.6) is 0 Å². The Labute approximate surface area is 73.1 Å². The van der Waals surface area contributed by atoms with Crippen molar-refractivity contribution in [3.8, 4) is 0 Å². The molecular formula is C9H16N2O. The van der Waals surface area contributed by atoms with Gasteiger partial charge in [-0.05, 0) is 23.7 Å². The Bertz CT molecular complexity index is 224. The van der Waals surface area contributed by atoms with E-state index in [1.807, 2.05) is 0 Å². The average Bonchev–Trinajstić information content (AvgIpc) is 2.33. The Morgan fingerprint density at radius 2 is 2.08 bits per heavy atom. The van der Waals surface area contributed by atoms with E-state index in [-0.39, 0.29) is 5.41 Å². The molecular weight excluding hydrogens is 152 g/mol. The SMILES string of the molecule is CC1(C)[C@@H]2CC[C@@]1(C)CN2N=O. The molecule has 12 heavy (non-hydrogen) atoms. The zero-order chi connectivity index (χ0) is 8.98. The van der Waals surface area contributed by atoms with Gasteiger partial charge in [0, 0.05) is 6.54 Å². The van der Waals surface area contributed by atoms with E-state index in [0.29, 0.717) is 11.5 Å². The first-order valence-electron chi connectivity index (χ1n) is 4.61. The lowest BCUT2D eigenvalue weighted by Crippen LogP contribution is -2.31. The molecule has 2 fully saturated rings. The molecule has 68 valence electrons. The van der Waals surface area contributed by atoms with Crippen LogP contribution in [-0.2, 0) is 0 Å². The van der Waals surface area contributed by atoms with E-state index >= 15 is 0 Å². The fraction of sp³-hybridized carbons (Fsp3) is 1.00. The van der Waals surface area contributed by atoms with Crippen LogP contribution in [0.25, 0.3) is 0 Å². The maximum absolute atomic E-state index is 10.5. The first-order valence-corrected chi connectivity index (χ1v) is 4.61. The van der Waals surface area contributed by atoms with E-state index in [1.165, 1.54) is 6.42 Å². The van der Waals surface area contributed by atoms with Gasteiger partial charge in [-0.1, -0.05) is 20.8 Å². The second-order valence-corrected chi connectivity index (χ2v) is 5.02. The van der Waals surface area contributed by atoms with Gasteiger partial charge in [0.2, 0.25) is 0 Å². The summed E-state index contributed by atoms with van der Waals surface area (Å²) >= 11 is 0. The van der Waals surface area contributed by atoms with E-state index in [0.717, 1.165) is 13.0 Å². The normalized spacial score (nSPS) is 43.6. The topological polar surface area (TPSA) is 32.7 Å². The molecule has 1 aliphatic heterocycles. The summed E-state index contributed by atoms with van der Waals surface area (Å²) < 4.78 is 0. The van der Waals surface area contributed by atoms with Gasteiger partial charge in [0.1, 0.15) is 0 Å². The van der Waals surface area contributed by atoms with Gasteiger partial charge >= 0.3 is 0 Å². The van der Waals surface area contributed by atoms with Crippen molar-refractivity contribution in [2.75, 3.05) is 6.54 Å². The van der Waals surface area contributed by atoms with Crippen molar-refractivity contribution < 1.29 is 0 Å². The standard InChI is InChI=1S/C9H16N2O/c1-8(2)7-4-5-9(8,3)6-11(7)10-12/h7H,4-6H2,1-3H3/t7-,9-/m0/s1. The van der Waals surface area contributed by atoms with Crippen LogP contribution < -0.4 is 0 Å². The smallest absolute Gasteiger partial charge is 0.0559 e. The predicted octanol–water partition coefficient (Wildman–Crippen LogP) is 2.18. The third-order valence-corrected chi connectivity index (χ3v) is 4.33. The van der Waals surface area contributed by atoms with Crippen molar-refractivity contribution in [2.45, 2.75) is 39.7 Å². The molecule has 0 unspecified atom stereocenters. The number of fused-ring (bicyclic) bond motifs is 2. The lowest BCUT2D eigenvalue weighted by atomic mass is 9.71. The minimum atomic E-state index is 0.265. The molecule has 0 spiro atoms. The Hall–Kier alpha value is -0.600. The maximum Gasteiger partial charge on any atom is 0.0559 e. The van der Waals surface area contributed by atoms with Crippen LogP contribution in [0.3, 0.4) is 0 Å². The molecule has 3 nitrogen and oxygen atoms in total. The second-order valence-electron chi connectivity index (χ2n) is 5.02. The molecule has 0 amide bonds. The first kappa shape index (κ1) is 8.02. The summed E-state index contributed by atoms with van der Waals surface area (Å²) in [4.78, 5) is 10.5. The van der Waals surface area contributed by atoms with Crippen LogP contribution >= 0.6 is 0 Å². The first-order chi connectivity index (χ1) is 5.51. The summed E-state index contributed by atoms with van der Waals surface area (Å²) in [5, 5.41) is 4.83. The fourth-order valence-corrected chi connectivity index (χ4v) is 2.90. The van der Waals surface area contributed by atoms with E-state index in [1.54, 1.807) is 5.01 Å². The second kappa shape index (κ2) is 2.01. The van der Waals surface area contributed by atoms with Crippen molar-refractivity contribution >= 4 is 0 Å². The quantitative estimate of drug-likeness (QED) is 0.562. The van der Waals surface area contributed by atoms with Crippen molar-refractivity contribution in [3.05, 3.63) is 4.91 Å². The molecule has 0 radical (unpaired) electrons. The summed E-state index contributed by atoms with van der Waals surface area (Å²) in [6.07, 6.45) is 2.38. The molecule has 2 bridgehead atoms. The molecule has 2 rings (SSSR count). The van der Waals surface area contributed by atoms with E-state index in [9.17, 15) is 4.91 Å². The van der Waals surface area contributed by atoms with Crippen LogP contribution in [0.4, 0.5) is 0 Å². The van der Waals surface area contributed by atoms with Crippen LogP contribution in [0.2, 0.25) is 0 Å². The zero-order valence-corrected chi connectivity index (χ0v) is 8.00. The molecule has 3 heteroatoms. The largest absolute Gasteiger partial charge is 0.257 e. The molecule has 0 aromatic heterocycles. The minimum Gasteiger partial charge on any atom is -0.257 e. The third kappa shape index (κ3) is 0.673. The highest BCUT2D eigenvalue weighted by Crippen LogP contribution is 2.59. The third-order valence-electron chi connectivity index (χ3n) is 4.33. The van der Waals surface area contributed by atoms with Gasteiger partial charge in [0.05, 0.1) is 11.3 Å². The van der Waals surface area contributed by atoms with Gasteiger partial charge in [0.25, 0.3) is 0 Å². The van der Waals surface area contributed by atoms with Crippen LogP contribution in [0.1, 0.15) is 33.6 Å². The number of nitroso groups, excluding NO2 is 1. The lowest BCUT2D eigenvalue weighted by molar-refractivity contribution is 0.180. The van der Waals surface area contributed by atoms with Gasteiger partial charge < -0.3 is 0 Å². The highest BCUT2D eigenvalue weighted by Gasteiger charge is 2.60. The van der Waals surface area contributed by atoms with Gasteiger partial charge in [-0.3, -0.25) is 5.01 Å². The average molecular weight is 168 g/mol. The summed E-state index contributed by atoms with van der Waals surface area (Å²) in [5.74, 6) is 0. The van der Waals surface area contributed by atoms with E-state index in [4.69, 9.17) is 0 Å². The van der Waals surface area contributed by atoms with Gasteiger partial charge in [-0.15, -0.1) is 4.91 Å². The van der Waals surface area contributed by atoms with Crippen molar-refractivity contribution in [3.63, 3.8) is 0 Å².